The Balaban J connectivity index is 1.33. The zero-order valence-corrected chi connectivity index (χ0v) is 17.3. The smallest absolute Gasteiger partial charge is 0.253 e. The van der Waals surface area contributed by atoms with E-state index in [-0.39, 0.29) is 41.5 Å². The third-order valence-electron chi connectivity index (χ3n) is 5.82. The second kappa shape index (κ2) is 8.95. The molecule has 6 nitrogen and oxygen atoms in total. The first-order valence-electron chi connectivity index (χ1n) is 10.2. The van der Waals surface area contributed by atoms with E-state index in [1.54, 1.807) is 16.2 Å². The minimum absolute atomic E-state index is 0.00603. The first kappa shape index (κ1) is 20.5. The second-order valence-corrected chi connectivity index (χ2v) is 8.77. The van der Waals surface area contributed by atoms with Crippen LogP contribution in [0.1, 0.15) is 47.0 Å². The number of amides is 3. The number of halogens is 1. The van der Waals surface area contributed by atoms with Crippen molar-refractivity contribution >= 4 is 29.1 Å². The lowest BCUT2D eigenvalue weighted by Crippen LogP contribution is -2.52. The molecule has 2 N–H and O–H groups in total. The fourth-order valence-electron chi connectivity index (χ4n) is 4.11. The maximum atomic E-state index is 13.1. The highest BCUT2D eigenvalue weighted by molar-refractivity contribution is 7.10. The number of carbonyl (C=O) groups is 3. The molecule has 0 spiro atoms. The van der Waals surface area contributed by atoms with Crippen molar-refractivity contribution in [3.63, 3.8) is 0 Å². The van der Waals surface area contributed by atoms with Crippen molar-refractivity contribution in [3.8, 4) is 0 Å². The zero-order chi connectivity index (χ0) is 21.1. The molecule has 1 aromatic heterocycles. The van der Waals surface area contributed by atoms with Crippen molar-refractivity contribution in [1.82, 2.24) is 15.5 Å². The highest BCUT2D eigenvalue weighted by atomic mass is 32.1. The molecule has 0 saturated carbocycles. The van der Waals surface area contributed by atoms with Crippen molar-refractivity contribution in [3.05, 3.63) is 58.0 Å². The predicted octanol–water partition coefficient (Wildman–Crippen LogP) is 2.88. The topological polar surface area (TPSA) is 78.5 Å². The lowest BCUT2D eigenvalue weighted by Gasteiger charge is -2.35. The van der Waals surface area contributed by atoms with Crippen molar-refractivity contribution in [2.24, 2.45) is 5.92 Å². The van der Waals surface area contributed by atoms with Gasteiger partial charge in [-0.05, 0) is 55.0 Å². The van der Waals surface area contributed by atoms with Gasteiger partial charge in [0, 0.05) is 35.9 Å². The molecule has 0 aliphatic carbocycles. The van der Waals surface area contributed by atoms with Gasteiger partial charge in [0.1, 0.15) is 5.82 Å². The Morgan fingerprint density at radius 1 is 1.10 bits per heavy atom. The van der Waals surface area contributed by atoms with E-state index in [1.807, 2.05) is 17.5 Å². The van der Waals surface area contributed by atoms with Crippen LogP contribution in [0.2, 0.25) is 0 Å². The molecule has 2 fully saturated rings. The van der Waals surface area contributed by atoms with E-state index in [0.29, 0.717) is 44.3 Å². The maximum absolute atomic E-state index is 13.1. The standard InChI is InChI=1S/C22H24FN3O3S/c23-16-5-3-15(4-6-16)22(29)26-11-9-14(10-12-26)21(28)24-17-7-8-19(27)25-20(17)18-2-1-13-30-18/h1-6,13-14,17,20H,7-12H2,(H,24,28)(H,25,27)/t17-,20-/m1/s1. The molecule has 0 radical (unpaired) electrons. The molecular weight excluding hydrogens is 405 g/mol. The van der Waals surface area contributed by atoms with Crippen LogP contribution in [0, 0.1) is 11.7 Å². The Labute approximate surface area is 178 Å². The predicted molar refractivity (Wildman–Crippen MR) is 111 cm³/mol. The molecule has 2 saturated heterocycles. The molecule has 3 amide bonds. The maximum Gasteiger partial charge on any atom is 0.253 e. The number of hydrogen-bond acceptors (Lipinski definition) is 4. The normalized spacial score (nSPS) is 22.4. The molecule has 158 valence electrons. The van der Waals surface area contributed by atoms with E-state index in [9.17, 15) is 18.8 Å². The Morgan fingerprint density at radius 2 is 1.83 bits per heavy atom. The largest absolute Gasteiger partial charge is 0.351 e. The number of carbonyl (C=O) groups excluding carboxylic acids is 3. The third-order valence-corrected chi connectivity index (χ3v) is 6.78. The highest BCUT2D eigenvalue weighted by Crippen LogP contribution is 2.28. The molecule has 3 heterocycles. The number of nitrogens with one attached hydrogen (secondary N) is 2. The van der Waals surface area contributed by atoms with Gasteiger partial charge >= 0.3 is 0 Å². The third kappa shape index (κ3) is 4.53. The van der Waals surface area contributed by atoms with Gasteiger partial charge in [-0.15, -0.1) is 11.3 Å². The minimum Gasteiger partial charge on any atom is -0.351 e. The molecule has 0 bridgehead atoms. The number of piperidine rings is 2. The average molecular weight is 430 g/mol. The molecule has 2 atom stereocenters. The zero-order valence-electron chi connectivity index (χ0n) is 16.5. The van der Waals surface area contributed by atoms with Gasteiger partial charge in [-0.1, -0.05) is 6.07 Å². The number of hydrogen-bond donors (Lipinski definition) is 2. The Morgan fingerprint density at radius 3 is 2.50 bits per heavy atom. The number of nitrogens with zero attached hydrogens (tertiary/aromatic N) is 1. The van der Waals surface area contributed by atoms with Gasteiger partial charge in [-0.3, -0.25) is 14.4 Å². The Kier molecular flexibility index (Phi) is 6.13. The molecule has 2 aliphatic heterocycles. The van der Waals surface area contributed by atoms with Crippen molar-refractivity contribution in [2.45, 2.75) is 37.8 Å². The summed E-state index contributed by atoms with van der Waals surface area (Å²) in [6.45, 7) is 0.980. The van der Waals surface area contributed by atoms with E-state index in [4.69, 9.17) is 0 Å². The van der Waals surface area contributed by atoms with Crippen LogP contribution in [0.4, 0.5) is 4.39 Å². The van der Waals surface area contributed by atoms with Gasteiger partial charge in [0.25, 0.3) is 5.91 Å². The van der Waals surface area contributed by atoms with Crippen molar-refractivity contribution in [2.75, 3.05) is 13.1 Å². The lowest BCUT2D eigenvalue weighted by molar-refractivity contribution is -0.130. The lowest BCUT2D eigenvalue weighted by atomic mass is 9.92. The molecule has 1 aromatic carbocycles. The van der Waals surface area contributed by atoms with Gasteiger partial charge < -0.3 is 15.5 Å². The average Bonchev–Trinajstić information content (AvgIpc) is 3.30. The summed E-state index contributed by atoms with van der Waals surface area (Å²) in [5.74, 6) is -0.690. The van der Waals surface area contributed by atoms with Crippen molar-refractivity contribution < 1.29 is 18.8 Å². The molecular formula is C22H24FN3O3S. The second-order valence-electron chi connectivity index (χ2n) is 7.79. The molecule has 0 unspecified atom stereocenters. The summed E-state index contributed by atoms with van der Waals surface area (Å²) in [5.41, 5.74) is 0.455. The van der Waals surface area contributed by atoms with Crippen LogP contribution < -0.4 is 10.6 Å². The SMILES string of the molecule is O=C1CC[C@@H](NC(=O)C2CCN(C(=O)c3ccc(F)cc3)CC2)[C@H](c2cccs2)N1. The number of thiophene rings is 1. The van der Waals surface area contributed by atoms with Crippen LogP contribution >= 0.6 is 11.3 Å². The molecule has 2 aromatic rings. The van der Waals surface area contributed by atoms with Crippen LogP contribution in [0.25, 0.3) is 0 Å². The Hall–Kier alpha value is -2.74. The Bertz CT molecular complexity index is 908. The van der Waals surface area contributed by atoms with Gasteiger partial charge in [-0.25, -0.2) is 4.39 Å². The van der Waals surface area contributed by atoms with Gasteiger partial charge in [0.05, 0.1) is 12.1 Å². The summed E-state index contributed by atoms with van der Waals surface area (Å²) in [5, 5.41) is 8.10. The molecule has 4 rings (SSSR count). The van der Waals surface area contributed by atoms with Gasteiger partial charge in [0.2, 0.25) is 11.8 Å². The van der Waals surface area contributed by atoms with E-state index < -0.39 is 0 Å². The summed E-state index contributed by atoms with van der Waals surface area (Å²) < 4.78 is 13.1. The monoisotopic (exact) mass is 429 g/mol. The quantitative estimate of drug-likeness (QED) is 0.785. The van der Waals surface area contributed by atoms with Crippen LogP contribution in [0.5, 0.6) is 0 Å². The van der Waals surface area contributed by atoms with Crippen LogP contribution in [0.3, 0.4) is 0 Å². The van der Waals surface area contributed by atoms with E-state index in [2.05, 4.69) is 10.6 Å². The summed E-state index contributed by atoms with van der Waals surface area (Å²) in [7, 11) is 0. The van der Waals surface area contributed by atoms with E-state index >= 15 is 0 Å². The van der Waals surface area contributed by atoms with E-state index in [0.717, 1.165) is 4.88 Å². The van der Waals surface area contributed by atoms with Crippen molar-refractivity contribution in [1.29, 1.82) is 0 Å². The molecule has 30 heavy (non-hydrogen) atoms. The van der Waals surface area contributed by atoms with Crippen LogP contribution in [-0.2, 0) is 9.59 Å². The van der Waals surface area contributed by atoms with E-state index in [1.165, 1.54) is 24.3 Å². The first-order chi connectivity index (χ1) is 14.5. The number of benzene rings is 1. The van der Waals surface area contributed by atoms with Gasteiger partial charge in [-0.2, -0.15) is 0 Å². The summed E-state index contributed by atoms with van der Waals surface area (Å²) in [6.07, 6.45) is 2.18. The highest BCUT2D eigenvalue weighted by Gasteiger charge is 2.34. The summed E-state index contributed by atoms with van der Waals surface area (Å²) in [6, 6.07) is 9.11. The molecule has 2 aliphatic rings. The molecule has 8 heteroatoms. The van der Waals surface area contributed by atoms with Gasteiger partial charge in [0.15, 0.2) is 0 Å². The first-order valence-corrected chi connectivity index (χ1v) is 11.1. The number of rotatable bonds is 4. The minimum atomic E-state index is -0.373. The van der Waals surface area contributed by atoms with Crippen LogP contribution in [0.15, 0.2) is 41.8 Å². The fraction of sp³-hybridized carbons (Fsp3) is 0.409. The number of likely N-dealkylation sites (tertiary alicyclic amines) is 1. The summed E-state index contributed by atoms with van der Waals surface area (Å²) >= 11 is 1.57. The fourth-order valence-corrected chi connectivity index (χ4v) is 4.95. The van der Waals surface area contributed by atoms with Crippen LogP contribution in [-0.4, -0.2) is 41.8 Å². The summed E-state index contributed by atoms with van der Waals surface area (Å²) in [4.78, 5) is 40.1.